The van der Waals surface area contributed by atoms with Crippen molar-refractivity contribution < 1.29 is 9.90 Å². The number of nitriles is 1. The zero-order chi connectivity index (χ0) is 11.1. The lowest BCUT2D eigenvalue weighted by Crippen LogP contribution is -2.32. The predicted octanol–water partition coefficient (Wildman–Crippen LogP) is 1.48. The van der Waals surface area contributed by atoms with Crippen molar-refractivity contribution in [3.63, 3.8) is 0 Å². The number of aliphatic carboxylic acids is 1. The summed E-state index contributed by atoms with van der Waals surface area (Å²) in [7, 11) is 0. The Labute approximate surface area is 90.5 Å². The van der Waals surface area contributed by atoms with E-state index in [4.69, 9.17) is 10.4 Å². The number of carbonyl (C=O) groups is 1. The Balaban J connectivity index is 2.15. The SMILES string of the molecule is N#CCCCCN(CC(=O)O)CC1CC1. The Bertz CT molecular complexity index is 243. The molecule has 1 saturated carbocycles. The van der Waals surface area contributed by atoms with E-state index < -0.39 is 5.97 Å². The van der Waals surface area contributed by atoms with Crippen molar-refractivity contribution in [3.8, 4) is 6.07 Å². The minimum absolute atomic E-state index is 0.142. The van der Waals surface area contributed by atoms with Crippen molar-refractivity contribution in [3.05, 3.63) is 0 Å². The van der Waals surface area contributed by atoms with E-state index in [-0.39, 0.29) is 6.54 Å². The van der Waals surface area contributed by atoms with Crippen molar-refractivity contribution in [1.29, 1.82) is 5.26 Å². The minimum atomic E-state index is -0.754. The van der Waals surface area contributed by atoms with Crippen molar-refractivity contribution in [1.82, 2.24) is 4.90 Å². The summed E-state index contributed by atoms with van der Waals surface area (Å²) in [4.78, 5) is 12.6. The molecule has 0 spiro atoms. The van der Waals surface area contributed by atoms with Gasteiger partial charge in [0.05, 0.1) is 12.6 Å². The van der Waals surface area contributed by atoms with Gasteiger partial charge in [-0.2, -0.15) is 5.26 Å². The van der Waals surface area contributed by atoms with Crippen molar-refractivity contribution in [2.24, 2.45) is 5.92 Å². The van der Waals surface area contributed by atoms with Crippen LogP contribution in [0.2, 0.25) is 0 Å². The largest absolute Gasteiger partial charge is 0.480 e. The van der Waals surface area contributed by atoms with E-state index in [1.54, 1.807) is 0 Å². The highest BCUT2D eigenvalue weighted by atomic mass is 16.4. The first-order valence-electron chi connectivity index (χ1n) is 5.53. The molecule has 4 nitrogen and oxygen atoms in total. The normalized spacial score (nSPS) is 15.2. The quantitative estimate of drug-likeness (QED) is 0.616. The van der Waals surface area contributed by atoms with Crippen LogP contribution in [0, 0.1) is 17.2 Å². The van der Waals surface area contributed by atoms with Crippen LogP contribution in [-0.4, -0.2) is 35.6 Å². The van der Waals surface area contributed by atoms with Crippen LogP contribution in [0.4, 0.5) is 0 Å². The molecule has 0 unspecified atom stereocenters. The fourth-order valence-electron chi connectivity index (χ4n) is 1.63. The van der Waals surface area contributed by atoms with Crippen molar-refractivity contribution in [2.75, 3.05) is 19.6 Å². The van der Waals surface area contributed by atoms with Crippen LogP contribution >= 0.6 is 0 Å². The number of rotatable bonds is 8. The van der Waals surface area contributed by atoms with E-state index in [1.807, 2.05) is 4.90 Å². The van der Waals surface area contributed by atoms with E-state index in [9.17, 15) is 4.79 Å². The molecule has 0 bridgehead atoms. The Kier molecular flexibility index (Phi) is 5.13. The molecule has 1 N–H and O–H groups in total. The second-order valence-electron chi connectivity index (χ2n) is 4.19. The summed E-state index contributed by atoms with van der Waals surface area (Å²) in [5.74, 6) is -0.0312. The van der Waals surface area contributed by atoms with E-state index in [0.717, 1.165) is 31.8 Å². The van der Waals surface area contributed by atoms with E-state index in [1.165, 1.54) is 12.8 Å². The Morgan fingerprint density at radius 1 is 1.47 bits per heavy atom. The van der Waals surface area contributed by atoms with Crippen LogP contribution in [0.1, 0.15) is 32.1 Å². The first-order chi connectivity index (χ1) is 7.22. The smallest absolute Gasteiger partial charge is 0.317 e. The van der Waals surface area contributed by atoms with Crippen molar-refractivity contribution >= 4 is 5.97 Å². The first-order valence-corrected chi connectivity index (χ1v) is 5.53. The van der Waals surface area contributed by atoms with Gasteiger partial charge in [-0.3, -0.25) is 9.69 Å². The van der Waals surface area contributed by atoms with Gasteiger partial charge in [-0.1, -0.05) is 0 Å². The molecule has 0 amide bonds. The van der Waals surface area contributed by atoms with Crippen molar-refractivity contribution in [2.45, 2.75) is 32.1 Å². The van der Waals surface area contributed by atoms with Gasteiger partial charge in [0.2, 0.25) is 0 Å². The highest BCUT2D eigenvalue weighted by Gasteiger charge is 2.24. The topological polar surface area (TPSA) is 64.3 Å². The molecule has 0 aliphatic heterocycles. The number of carboxylic acids is 1. The first kappa shape index (κ1) is 12.0. The molecule has 84 valence electrons. The number of hydrogen-bond donors (Lipinski definition) is 1. The molecule has 0 aromatic rings. The molecule has 1 aliphatic carbocycles. The lowest BCUT2D eigenvalue weighted by Gasteiger charge is -2.19. The van der Waals surface area contributed by atoms with Crippen LogP contribution in [-0.2, 0) is 4.79 Å². The standard InChI is InChI=1S/C11H18N2O2/c12-6-2-1-3-7-13(9-11(14)15)8-10-4-5-10/h10H,1-5,7-9H2,(H,14,15). The summed E-state index contributed by atoms with van der Waals surface area (Å²) in [6.07, 6.45) is 4.86. The summed E-state index contributed by atoms with van der Waals surface area (Å²) in [6, 6.07) is 2.10. The van der Waals surface area contributed by atoms with Gasteiger partial charge in [-0.15, -0.1) is 0 Å². The van der Waals surface area contributed by atoms with Crippen LogP contribution in [0.5, 0.6) is 0 Å². The summed E-state index contributed by atoms with van der Waals surface area (Å²) in [5.41, 5.74) is 0. The molecule has 4 heteroatoms. The number of unbranched alkanes of at least 4 members (excludes halogenated alkanes) is 2. The van der Waals surface area contributed by atoms with Gasteiger partial charge in [0.15, 0.2) is 0 Å². The third kappa shape index (κ3) is 6.08. The minimum Gasteiger partial charge on any atom is -0.480 e. The second-order valence-corrected chi connectivity index (χ2v) is 4.19. The Morgan fingerprint density at radius 3 is 2.73 bits per heavy atom. The fraction of sp³-hybridized carbons (Fsp3) is 0.818. The molecule has 15 heavy (non-hydrogen) atoms. The maximum atomic E-state index is 10.6. The molecule has 0 saturated heterocycles. The average molecular weight is 210 g/mol. The molecular weight excluding hydrogens is 192 g/mol. The lowest BCUT2D eigenvalue weighted by atomic mass is 10.2. The number of hydrogen-bond acceptors (Lipinski definition) is 3. The average Bonchev–Trinajstić information content (AvgIpc) is 2.95. The zero-order valence-electron chi connectivity index (χ0n) is 8.98. The van der Waals surface area contributed by atoms with Gasteiger partial charge in [0.1, 0.15) is 0 Å². The second kappa shape index (κ2) is 6.41. The highest BCUT2D eigenvalue weighted by Crippen LogP contribution is 2.29. The van der Waals surface area contributed by atoms with Gasteiger partial charge >= 0.3 is 5.97 Å². The zero-order valence-corrected chi connectivity index (χ0v) is 8.98. The summed E-state index contributed by atoms with van der Waals surface area (Å²) < 4.78 is 0. The Morgan fingerprint density at radius 2 is 2.20 bits per heavy atom. The van der Waals surface area contributed by atoms with Gasteiger partial charge in [-0.25, -0.2) is 0 Å². The number of nitrogens with zero attached hydrogens (tertiary/aromatic N) is 2. The highest BCUT2D eigenvalue weighted by molar-refractivity contribution is 5.69. The van der Waals surface area contributed by atoms with E-state index >= 15 is 0 Å². The molecule has 1 fully saturated rings. The van der Waals surface area contributed by atoms with Crippen LogP contribution in [0.3, 0.4) is 0 Å². The maximum absolute atomic E-state index is 10.6. The molecule has 0 aromatic carbocycles. The predicted molar refractivity (Wildman–Crippen MR) is 56.3 cm³/mol. The molecular formula is C11H18N2O2. The molecule has 0 aromatic heterocycles. The summed E-state index contributed by atoms with van der Waals surface area (Å²) in [5, 5.41) is 17.1. The van der Waals surface area contributed by atoms with Crippen LogP contribution in [0.15, 0.2) is 0 Å². The van der Waals surface area contributed by atoms with E-state index in [2.05, 4.69) is 6.07 Å². The molecule has 0 atom stereocenters. The van der Waals surface area contributed by atoms with E-state index in [0.29, 0.717) is 6.42 Å². The third-order valence-electron chi connectivity index (χ3n) is 2.59. The van der Waals surface area contributed by atoms with Gasteiger partial charge in [-0.05, 0) is 38.1 Å². The molecule has 1 aliphatic rings. The molecule has 0 heterocycles. The van der Waals surface area contributed by atoms with Crippen LogP contribution < -0.4 is 0 Å². The maximum Gasteiger partial charge on any atom is 0.317 e. The van der Waals surface area contributed by atoms with Gasteiger partial charge in [0.25, 0.3) is 0 Å². The monoisotopic (exact) mass is 210 g/mol. The summed E-state index contributed by atoms with van der Waals surface area (Å²) in [6.45, 7) is 1.87. The molecule has 1 rings (SSSR count). The van der Waals surface area contributed by atoms with Gasteiger partial charge in [0, 0.05) is 13.0 Å². The number of carboxylic acid groups (broad SMARTS) is 1. The Hall–Kier alpha value is -1.08. The fourth-order valence-corrected chi connectivity index (χ4v) is 1.63. The lowest BCUT2D eigenvalue weighted by molar-refractivity contribution is -0.138. The third-order valence-corrected chi connectivity index (χ3v) is 2.59. The molecule has 0 radical (unpaired) electrons. The summed E-state index contributed by atoms with van der Waals surface area (Å²) >= 11 is 0. The van der Waals surface area contributed by atoms with Crippen LogP contribution in [0.25, 0.3) is 0 Å². The van der Waals surface area contributed by atoms with Gasteiger partial charge < -0.3 is 5.11 Å².